The summed E-state index contributed by atoms with van der Waals surface area (Å²) in [5.74, 6) is -0.154. The molecule has 1 atom stereocenters. The van der Waals surface area contributed by atoms with Crippen LogP contribution in [0.15, 0.2) is 52.9 Å². The molecule has 0 aliphatic heterocycles. The lowest BCUT2D eigenvalue weighted by atomic mass is 10.2. The number of rotatable bonds is 6. The van der Waals surface area contributed by atoms with Gasteiger partial charge in [0, 0.05) is 11.4 Å². The van der Waals surface area contributed by atoms with Crippen LogP contribution < -0.4 is 10.6 Å². The first kappa shape index (κ1) is 18.9. The van der Waals surface area contributed by atoms with Gasteiger partial charge in [0.25, 0.3) is 0 Å². The third-order valence-corrected chi connectivity index (χ3v) is 5.64. The van der Waals surface area contributed by atoms with Crippen LogP contribution in [-0.4, -0.2) is 21.4 Å². The Balaban J connectivity index is 1.58. The summed E-state index contributed by atoms with van der Waals surface area (Å²) in [6, 6.07) is 16.9. The Morgan fingerprint density at radius 2 is 1.96 bits per heavy atom. The Bertz CT molecular complexity index is 978. The van der Waals surface area contributed by atoms with Crippen molar-refractivity contribution in [3.63, 3.8) is 0 Å². The normalized spacial score (nSPS) is 11.4. The van der Waals surface area contributed by atoms with Gasteiger partial charge in [0.2, 0.25) is 11.0 Å². The molecule has 8 heteroatoms. The third kappa shape index (κ3) is 5.29. The number of carbonyl (C=O) groups is 1. The molecule has 0 saturated heterocycles. The topological polar surface area (TPSA) is 90.7 Å². The highest BCUT2D eigenvalue weighted by Gasteiger charge is 2.17. The maximum atomic E-state index is 12.4. The van der Waals surface area contributed by atoms with E-state index >= 15 is 0 Å². The number of aromatic nitrogens is 2. The van der Waals surface area contributed by atoms with Crippen LogP contribution in [0.1, 0.15) is 18.1 Å². The summed E-state index contributed by atoms with van der Waals surface area (Å²) in [5.41, 5.74) is 3.24. The molecule has 6 nitrogen and oxygen atoms in total. The van der Waals surface area contributed by atoms with Crippen LogP contribution >= 0.6 is 23.1 Å². The molecular formula is C19H17N5OS2. The van der Waals surface area contributed by atoms with Gasteiger partial charge in [0.05, 0.1) is 16.9 Å². The molecular weight excluding hydrogens is 378 g/mol. The number of benzene rings is 2. The summed E-state index contributed by atoms with van der Waals surface area (Å²) in [4.78, 5) is 12.4. The van der Waals surface area contributed by atoms with Gasteiger partial charge in [-0.2, -0.15) is 5.26 Å². The molecule has 2 N–H and O–H groups in total. The van der Waals surface area contributed by atoms with Gasteiger partial charge >= 0.3 is 0 Å². The van der Waals surface area contributed by atoms with Gasteiger partial charge in [-0.3, -0.25) is 4.79 Å². The van der Waals surface area contributed by atoms with E-state index in [1.807, 2.05) is 38.1 Å². The van der Waals surface area contributed by atoms with Crippen LogP contribution in [0.5, 0.6) is 0 Å². The number of nitrogens with zero attached hydrogens (tertiary/aromatic N) is 3. The van der Waals surface area contributed by atoms with Gasteiger partial charge in [-0.25, -0.2) is 0 Å². The zero-order valence-electron chi connectivity index (χ0n) is 14.8. The molecule has 27 heavy (non-hydrogen) atoms. The number of nitrogens with one attached hydrogen (secondary N) is 2. The average molecular weight is 396 g/mol. The highest BCUT2D eigenvalue weighted by molar-refractivity contribution is 8.02. The second kappa shape index (κ2) is 8.66. The predicted octanol–water partition coefficient (Wildman–Crippen LogP) is 4.58. The second-order valence-electron chi connectivity index (χ2n) is 5.81. The first-order valence-electron chi connectivity index (χ1n) is 8.18. The van der Waals surface area contributed by atoms with E-state index < -0.39 is 0 Å². The van der Waals surface area contributed by atoms with Crippen molar-refractivity contribution in [3.05, 3.63) is 59.7 Å². The number of aryl methyl sites for hydroxylation is 1. The van der Waals surface area contributed by atoms with Crippen molar-refractivity contribution in [1.29, 1.82) is 5.26 Å². The molecule has 1 amide bonds. The smallest absolute Gasteiger partial charge is 0.237 e. The molecule has 0 fully saturated rings. The van der Waals surface area contributed by atoms with E-state index in [2.05, 4.69) is 26.9 Å². The van der Waals surface area contributed by atoms with Gasteiger partial charge in [-0.05, 0) is 44.2 Å². The molecule has 0 aliphatic carbocycles. The Morgan fingerprint density at radius 1 is 1.19 bits per heavy atom. The molecule has 3 rings (SSSR count). The first-order valence-corrected chi connectivity index (χ1v) is 9.88. The number of amides is 1. The highest BCUT2D eigenvalue weighted by atomic mass is 32.2. The molecule has 0 bridgehead atoms. The van der Waals surface area contributed by atoms with E-state index in [0.29, 0.717) is 20.7 Å². The molecule has 136 valence electrons. The lowest BCUT2D eigenvalue weighted by Crippen LogP contribution is -2.22. The van der Waals surface area contributed by atoms with Crippen molar-refractivity contribution < 1.29 is 4.79 Å². The van der Waals surface area contributed by atoms with Crippen LogP contribution in [-0.2, 0) is 4.79 Å². The van der Waals surface area contributed by atoms with E-state index in [1.165, 1.54) is 28.7 Å². The van der Waals surface area contributed by atoms with E-state index in [1.54, 1.807) is 24.3 Å². The molecule has 1 aromatic heterocycles. The Morgan fingerprint density at radius 3 is 2.70 bits per heavy atom. The van der Waals surface area contributed by atoms with Gasteiger partial charge in [-0.1, -0.05) is 46.9 Å². The molecule has 3 aromatic rings. The maximum absolute atomic E-state index is 12.4. The van der Waals surface area contributed by atoms with Crippen molar-refractivity contribution in [2.24, 2.45) is 0 Å². The minimum Gasteiger partial charge on any atom is -0.330 e. The number of nitriles is 1. The van der Waals surface area contributed by atoms with Crippen LogP contribution in [0.4, 0.5) is 16.5 Å². The van der Waals surface area contributed by atoms with Gasteiger partial charge in [0.15, 0.2) is 4.34 Å². The molecule has 2 aromatic carbocycles. The molecule has 0 aliphatic rings. The summed E-state index contributed by atoms with van der Waals surface area (Å²) in [5, 5.41) is 23.5. The van der Waals surface area contributed by atoms with Crippen LogP contribution in [0.2, 0.25) is 0 Å². The molecule has 0 spiro atoms. The van der Waals surface area contributed by atoms with Gasteiger partial charge < -0.3 is 10.6 Å². The fraction of sp³-hybridized carbons (Fsp3) is 0.158. The summed E-state index contributed by atoms with van der Waals surface area (Å²) in [6.45, 7) is 3.84. The molecule has 0 saturated carbocycles. The molecule has 1 heterocycles. The summed E-state index contributed by atoms with van der Waals surface area (Å²) >= 11 is 2.74. The number of thioether (sulfide) groups is 1. The zero-order valence-corrected chi connectivity index (χ0v) is 16.4. The quantitative estimate of drug-likeness (QED) is 0.594. The lowest BCUT2D eigenvalue weighted by Gasteiger charge is -2.10. The van der Waals surface area contributed by atoms with E-state index in [9.17, 15) is 4.79 Å². The summed E-state index contributed by atoms with van der Waals surface area (Å²) < 4.78 is 0.707. The van der Waals surface area contributed by atoms with E-state index in [-0.39, 0.29) is 11.2 Å². The Hall–Kier alpha value is -2.89. The predicted molar refractivity (Wildman–Crippen MR) is 109 cm³/mol. The minimum atomic E-state index is -0.351. The monoisotopic (exact) mass is 395 g/mol. The van der Waals surface area contributed by atoms with Crippen molar-refractivity contribution in [1.82, 2.24) is 10.2 Å². The maximum Gasteiger partial charge on any atom is 0.237 e. The second-order valence-corrected chi connectivity index (χ2v) is 8.37. The largest absolute Gasteiger partial charge is 0.330 e. The number of hydrogen-bond acceptors (Lipinski definition) is 7. The van der Waals surface area contributed by atoms with Crippen molar-refractivity contribution in [2.75, 3.05) is 10.6 Å². The van der Waals surface area contributed by atoms with Crippen LogP contribution in [0.3, 0.4) is 0 Å². The Kier molecular flexibility index (Phi) is 6.06. The van der Waals surface area contributed by atoms with Gasteiger partial charge in [0.1, 0.15) is 0 Å². The number of anilines is 3. The number of carbonyl (C=O) groups excluding carboxylic acids is 1. The SMILES string of the molecule is Cc1ccc(Nc2nnc(SC(C)C(=O)Nc3cccc(C#N)c3)s2)cc1. The average Bonchev–Trinajstić information content (AvgIpc) is 3.10. The highest BCUT2D eigenvalue weighted by Crippen LogP contribution is 2.31. The summed E-state index contributed by atoms with van der Waals surface area (Å²) in [7, 11) is 0. The lowest BCUT2D eigenvalue weighted by molar-refractivity contribution is -0.115. The standard InChI is InChI=1S/C19H17N5OS2/c1-12-6-8-15(9-7-12)22-18-23-24-19(27-18)26-13(2)17(25)21-16-5-3-4-14(10-16)11-20/h3-10,13H,1-2H3,(H,21,25)(H,22,23). The van der Waals surface area contributed by atoms with Gasteiger partial charge in [-0.15, -0.1) is 10.2 Å². The van der Waals surface area contributed by atoms with E-state index in [4.69, 9.17) is 5.26 Å². The van der Waals surface area contributed by atoms with E-state index in [0.717, 1.165) is 5.69 Å². The fourth-order valence-corrected chi connectivity index (χ4v) is 4.10. The van der Waals surface area contributed by atoms with Crippen molar-refractivity contribution in [3.8, 4) is 6.07 Å². The summed E-state index contributed by atoms with van der Waals surface area (Å²) in [6.07, 6.45) is 0. The van der Waals surface area contributed by atoms with Crippen LogP contribution in [0.25, 0.3) is 0 Å². The Labute approximate surface area is 165 Å². The third-order valence-electron chi connectivity index (χ3n) is 3.62. The number of hydrogen-bond donors (Lipinski definition) is 2. The fourth-order valence-electron chi connectivity index (χ4n) is 2.18. The minimum absolute atomic E-state index is 0.154. The molecule has 0 radical (unpaired) electrons. The zero-order chi connectivity index (χ0) is 19.2. The molecule has 1 unspecified atom stereocenters. The first-order chi connectivity index (χ1) is 13.0. The van der Waals surface area contributed by atoms with Crippen molar-refractivity contribution in [2.45, 2.75) is 23.4 Å². The van der Waals surface area contributed by atoms with Crippen molar-refractivity contribution >= 4 is 45.5 Å². The van der Waals surface area contributed by atoms with Crippen LogP contribution in [0, 0.1) is 18.3 Å².